The number of amides is 2. The molecule has 0 saturated carbocycles. The van der Waals surface area contributed by atoms with Crippen LogP contribution in [-0.2, 0) is 31.9 Å². The molecule has 0 unspecified atom stereocenters. The van der Waals surface area contributed by atoms with Crippen LogP contribution in [-0.4, -0.2) is 53.8 Å². The van der Waals surface area contributed by atoms with Gasteiger partial charge in [-0.05, 0) is 11.4 Å². The van der Waals surface area contributed by atoms with Gasteiger partial charge in [0.05, 0.1) is 31.7 Å². The normalized spacial score (nSPS) is 18.7. The molecule has 4 heterocycles. The molecule has 0 atom stereocenters. The first-order chi connectivity index (χ1) is 13.1. The second-order valence-electron chi connectivity index (χ2n) is 6.61. The third kappa shape index (κ3) is 4.55. The first-order valence-electron chi connectivity index (χ1n) is 8.94. The number of hydrogen-bond acceptors (Lipinski definition) is 7. The van der Waals surface area contributed by atoms with Crippen LogP contribution in [0, 0.1) is 0 Å². The largest absolute Gasteiger partial charge is 0.347 e. The molecule has 0 aromatic carbocycles. The predicted molar refractivity (Wildman–Crippen MR) is 103 cm³/mol. The number of nitrogens with zero attached hydrogens (tertiary/aromatic N) is 2. The van der Waals surface area contributed by atoms with Crippen LogP contribution in [0.2, 0.25) is 0 Å². The fourth-order valence-corrected chi connectivity index (χ4v) is 4.76. The van der Waals surface area contributed by atoms with Crippen molar-refractivity contribution >= 4 is 39.6 Å². The third-order valence-electron chi connectivity index (χ3n) is 4.74. The van der Waals surface area contributed by atoms with Crippen LogP contribution >= 0.6 is 22.7 Å². The summed E-state index contributed by atoms with van der Waals surface area (Å²) in [5.74, 6) is -0.524. The average molecular weight is 408 g/mol. The SMILES string of the molecule is O=C(Cc1cccs1)Nc1nc(CC(=O)N2CCC3(CC2)OCCO3)cs1. The van der Waals surface area contributed by atoms with E-state index in [-0.39, 0.29) is 18.2 Å². The van der Waals surface area contributed by atoms with Crippen LogP contribution in [0.15, 0.2) is 22.9 Å². The Kier molecular flexibility index (Phi) is 5.53. The van der Waals surface area contributed by atoms with Crippen LogP contribution in [0.25, 0.3) is 0 Å². The Hall–Kier alpha value is -1.81. The molecule has 0 aliphatic carbocycles. The van der Waals surface area contributed by atoms with Crippen molar-refractivity contribution < 1.29 is 19.1 Å². The number of nitrogens with one attached hydrogen (secondary N) is 1. The summed E-state index contributed by atoms with van der Waals surface area (Å²) in [5, 5.41) is 7.11. The van der Waals surface area contributed by atoms with E-state index in [1.165, 1.54) is 11.3 Å². The van der Waals surface area contributed by atoms with Crippen molar-refractivity contribution in [3.63, 3.8) is 0 Å². The Morgan fingerprint density at radius 2 is 1.96 bits per heavy atom. The minimum Gasteiger partial charge on any atom is -0.347 e. The second kappa shape index (κ2) is 8.05. The van der Waals surface area contributed by atoms with Crippen LogP contribution < -0.4 is 5.32 Å². The quantitative estimate of drug-likeness (QED) is 0.823. The van der Waals surface area contributed by atoms with E-state index in [2.05, 4.69) is 10.3 Å². The number of aromatic nitrogens is 1. The minimum absolute atomic E-state index is 0.0459. The van der Waals surface area contributed by atoms with E-state index < -0.39 is 5.79 Å². The number of thiazole rings is 1. The summed E-state index contributed by atoms with van der Waals surface area (Å²) in [6.07, 6.45) is 2.00. The van der Waals surface area contributed by atoms with E-state index in [1.54, 1.807) is 11.3 Å². The Morgan fingerprint density at radius 1 is 1.19 bits per heavy atom. The molecular weight excluding hydrogens is 386 g/mol. The number of hydrogen-bond donors (Lipinski definition) is 1. The van der Waals surface area contributed by atoms with Gasteiger partial charge >= 0.3 is 0 Å². The van der Waals surface area contributed by atoms with Crippen molar-refractivity contribution in [3.8, 4) is 0 Å². The maximum atomic E-state index is 12.5. The molecule has 2 aliphatic rings. The number of piperidine rings is 1. The van der Waals surface area contributed by atoms with Gasteiger partial charge in [-0.25, -0.2) is 4.98 Å². The molecule has 144 valence electrons. The van der Waals surface area contributed by atoms with Crippen molar-refractivity contribution in [3.05, 3.63) is 33.5 Å². The molecule has 1 N–H and O–H groups in total. The van der Waals surface area contributed by atoms with Gasteiger partial charge in [0.2, 0.25) is 11.8 Å². The summed E-state index contributed by atoms with van der Waals surface area (Å²) < 4.78 is 11.4. The lowest BCUT2D eigenvalue weighted by Crippen LogP contribution is -2.47. The van der Waals surface area contributed by atoms with Gasteiger partial charge < -0.3 is 19.7 Å². The summed E-state index contributed by atoms with van der Waals surface area (Å²) in [6.45, 7) is 2.53. The summed E-state index contributed by atoms with van der Waals surface area (Å²) in [5.41, 5.74) is 0.685. The number of likely N-dealkylation sites (tertiary alicyclic amines) is 1. The number of carbonyl (C=O) groups excluding carboxylic acids is 2. The van der Waals surface area contributed by atoms with Gasteiger partial charge in [0.15, 0.2) is 10.9 Å². The highest BCUT2D eigenvalue weighted by Crippen LogP contribution is 2.31. The first-order valence-corrected chi connectivity index (χ1v) is 10.7. The molecular formula is C18H21N3O4S2. The molecule has 0 radical (unpaired) electrons. The Bertz CT molecular complexity index is 789. The highest BCUT2D eigenvalue weighted by Gasteiger charge is 2.40. The van der Waals surface area contributed by atoms with Gasteiger partial charge in [-0.1, -0.05) is 6.07 Å². The zero-order valence-electron chi connectivity index (χ0n) is 14.8. The van der Waals surface area contributed by atoms with Crippen molar-refractivity contribution in [2.45, 2.75) is 31.5 Å². The molecule has 1 spiro atoms. The monoisotopic (exact) mass is 407 g/mol. The lowest BCUT2D eigenvalue weighted by atomic mass is 10.0. The number of thiophene rings is 1. The molecule has 2 fully saturated rings. The Labute approximate surface area is 165 Å². The van der Waals surface area contributed by atoms with Gasteiger partial charge in [-0.3, -0.25) is 9.59 Å². The predicted octanol–water partition coefficient (Wildman–Crippen LogP) is 2.29. The van der Waals surface area contributed by atoms with Gasteiger partial charge in [0.25, 0.3) is 0 Å². The lowest BCUT2D eigenvalue weighted by molar-refractivity contribution is -0.187. The van der Waals surface area contributed by atoms with Crippen LogP contribution in [0.1, 0.15) is 23.4 Å². The van der Waals surface area contributed by atoms with E-state index in [4.69, 9.17) is 9.47 Å². The van der Waals surface area contributed by atoms with Gasteiger partial charge in [-0.2, -0.15) is 0 Å². The molecule has 2 aliphatic heterocycles. The topological polar surface area (TPSA) is 80.8 Å². The zero-order valence-corrected chi connectivity index (χ0v) is 16.4. The number of anilines is 1. The summed E-state index contributed by atoms with van der Waals surface area (Å²) in [4.78, 5) is 31.8. The fraction of sp³-hybridized carbons (Fsp3) is 0.500. The molecule has 2 aromatic heterocycles. The van der Waals surface area contributed by atoms with Gasteiger partial charge in [0.1, 0.15) is 0 Å². The summed E-state index contributed by atoms with van der Waals surface area (Å²) in [7, 11) is 0. The van der Waals surface area contributed by atoms with Crippen LogP contribution in [0.4, 0.5) is 5.13 Å². The van der Waals surface area contributed by atoms with Crippen LogP contribution in [0.5, 0.6) is 0 Å². The van der Waals surface area contributed by atoms with Crippen molar-refractivity contribution in [2.24, 2.45) is 0 Å². The van der Waals surface area contributed by atoms with E-state index in [9.17, 15) is 9.59 Å². The average Bonchev–Trinajstić information content (AvgIpc) is 3.40. The lowest BCUT2D eigenvalue weighted by Gasteiger charge is -2.37. The number of carbonyl (C=O) groups is 2. The standard InChI is InChI=1S/C18H21N3O4S2/c22-15(11-14-2-1-9-26-14)20-17-19-13(12-27-17)10-16(23)21-5-3-18(4-6-21)24-7-8-25-18/h1-2,9,12H,3-8,10-11H2,(H,19,20,22). The molecule has 9 heteroatoms. The molecule has 0 bridgehead atoms. The number of ether oxygens (including phenoxy) is 2. The maximum absolute atomic E-state index is 12.5. The highest BCUT2D eigenvalue weighted by molar-refractivity contribution is 7.14. The molecule has 4 rings (SSSR count). The van der Waals surface area contributed by atoms with Gasteiger partial charge in [0, 0.05) is 36.2 Å². The van der Waals surface area contributed by atoms with Gasteiger partial charge in [-0.15, -0.1) is 22.7 Å². The first kappa shape index (κ1) is 18.5. The van der Waals surface area contributed by atoms with Crippen molar-refractivity contribution in [1.29, 1.82) is 0 Å². The third-order valence-corrected chi connectivity index (χ3v) is 6.42. The van der Waals surface area contributed by atoms with E-state index in [1.807, 2.05) is 27.8 Å². The fourth-order valence-electron chi connectivity index (χ4n) is 3.33. The molecule has 27 heavy (non-hydrogen) atoms. The second-order valence-corrected chi connectivity index (χ2v) is 8.50. The smallest absolute Gasteiger partial charge is 0.231 e. The molecule has 2 aromatic rings. The molecule has 2 saturated heterocycles. The summed E-state index contributed by atoms with van der Waals surface area (Å²) in [6, 6.07) is 3.86. The Balaban J connectivity index is 1.26. The van der Waals surface area contributed by atoms with Crippen molar-refractivity contribution in [1.82, 2.24) is 9.88 Å². The molecule has 2 amide bonds. The van der Waals surface area contributed by atoms with E-state index in [0.717, 1.165) is 4.88 Å². The molecule has 7 nitrogen and oxygen atoms in total. The van der Waals surface area contributed by atoms with E-state index >= 15 is 0 Å². The maximum Gasteiger partial charge on any atom is 0.231 e. The zero-order chi connectivity index (χ0) is 18.7. The van der Waals surface area contributed by atoms with Crippen LogP contribution in [0.3, 0.4) is 0 Å². The summed E-state index contributed by atoms with van der Waals surface area (Å²) >= 11 is 2.90. The Morgan fingerprint density at radius 3 is 2.67 bits per heavy atom. The van der Waals surface area contributed by atoms with E-state index in [0.29, 0.717) is 56.4 Å². The number of rotatable bonds is 5. The minimum atomic E-state index is -0.475. The van der Waals surface area contributed by atoms with Crippen molar-refractivity contribution in [2.75, 3.05) is 31.6 Å². The highest BCUT2D eigenvalue weighted by atomic mass is 32.1.